The molecule has 5 heteroatoms. The van der Waals surface area contributed by atoms with Gasteiger partial charge in [0.25, 0.3) is 0 Å². The first-order valence-electron chi connectivity index (χ1n) is 5.24. The van der Waals surface area contributed by atoms with Gasteiger partial charge in [0, 0.05) is 17.8 Å². The normalized spacial score (nSPS) is 11.1. The third-order valence-corrected chi connectivity index (χ3v) is 3.02. The number of hydrogen-bond donors (Lipinski definition) is 0. The third kappa shape index (κ3) is 3.84. The Morgan fingerprint density at radius 2 is 2.06 bits per heavy atom. The Bertz CT molecular complexity index is 481. The maximum Gasteiger partial charge on any atom is 0.0929 e. The van der Waals surface area contributed by atoms with Crippen LogP contribution in [0.1, 0.15) is 5.56 Å². The van der Waals surface area contributed by atoms with Crippen molar-refractivity contribution in [1.29, 1.82) is 0 Å². The van der Waals surface area contributed by atoms with Crippen molar-refractivity contribution in [3.05, 3.63) is 51.7 Å². The third-order valence-electron chi connectivity index (χ3n) is 2.35. The SMILES string of the molecule is CN(Cc1ccc(Cl)cc1)Cn1cc(Br)cn1. The van der Waals surface area contributed by atoms with E-state index in [0.717, 1.165) is 22.7 Å². The molecule has 3 nitrogen and oxygen atoms in total. The Hall–Kier alpha value is -0.840. The molecule has 0 amide bonds. The van der Waals surface area contributed by atoms with Gasteiger partial charge in [-0.05, 0) is 40.7 Å². The van der Waals surface area contributed by atoms with E-state index >= 15 is 0 Å². The lowest BCUT2D eigenvalue weighted by Gasteiger charge is -2.16. The average Bonchev–Trinajstić information content (AvgIpc) is 2.67. The molecule has 1 aromatic heterocycles. The summed E-state index contributed by atoms with van der Waals surface area (Å²) in [7, 11) is 2.06. The van der Waals surface area contributed by atoms with Gasteiger partial charge in [0.1, 0.15) is 0 Å². The summed E-state index contributed by atoms with van der Waals surface area (Å²) >= 11 is 9.23. The van der Waals surface area contributed by atoms with Gasteiger partial charge in [-0.2, -0.15) is 5.10 Å². The second-order valence-electron chi connectivity index (χ2n) is 3.98. The van der Waals surface area contributed by atoms with Crippen molar-refractivity contribution < 1.29 is 0 Å². The van der Waals surface area contributed by atoms with Crippen LogP contribution in [0.3, 0.4) is 0 Å². The standard InChI is InChI=1S/C12H13BrClN3/c1-16(9-17-8-11(13)6-15-17)7-10-2-4-12(14)5-3-10/h2-6,8H,7,9H2,1H3. The average molecular weight is 315 g/mol. The molecule has 0 fully saturated rings. The molecule has 0 aliphatic carbocycles. The van der Waals surface area contributed by atoms with Crippen LogP contribution in [0.25, 0.3) is 0 Å². The zero-order valence-corrected chi connectivity index (χ0v) is 11.8. The zero-order chi connectivity index (χ0) is 12.3. The van der Waals surface area contributed by atoms with E-state index in [1.807, 2.05) is 35.1 Å². The van der Waals surface area contributed by atoms with E-state index in [0.29, 0.717) is 0 Å². The minimum atomic E-state index is 0.758. The van der Waals surface area contributed by atoms with Crippen molar-refractivity contribution in [3.63, 3.8) is 0 Å². The summed E-state index contributed by atoms with van der Waals surface area (Å²) in [4.78, 5) is 2.18. The van der Waals surface area contributed by atoms with Crippen LogP contribution in [0.15, 0.2) is 41.1 Å². The Morgan fingerprint density at radius 1 is 1.35 bits per heavy atom. The molecule has 0 N–H and O–H groups in total. The van der Waals surface area contributed by atoms with Gasteiger partial charge in [0.15, 0.2) is 0 Å². The summed E-state index contributed by atoms with van der Waals surface area (Å²) in [5, 5.41) is 4.99. The molecule has 0 atom stereocenters. The van der Waals surface area contributed by atoms with Crippen molar-refractivity contribution in [2.75, 3.05) is 7.05 Å². The molecule has 17 heavy (non-hydrogen) atoms. The lowest BCUT2D eigenvalue weighted by Crippen LogP contribution is -2.21. The first-order chi connectivity index (χ1) is 8.13. The summed E-state index contributed by atoms with van der Waals surface area (Å²) in [5.74, 6) is 0. The van der Waals surface area contributed by atoms with Gasteiger partial charge in [-0.3, -0.25) is 9.58 Å². The molecule has 2 aromatic rings. The molecule has 0 radical (unpaired) electrons. The first kappa shape index (κ1) is 12.6. The van der Waals surface area contributed by atoms with E-state index in [1.165, 1.54) is 5.56 Å². The number of benzene rings is 1. The van der Waals surface area contributed by atoms with Crippen molar-refractivity contribution in [2.24, 2.45) is 0 Å². The molecule has 0 saturated heterocycles. The van der Waals surface area contributed by atoms with Gasteiger partial charge in [0.05, 0.1) is 17.3 Å². The zero-order valence-electron chi connectivity index (χ0n) is 9.48. The first-order valence-corrected chi connectivity index (χ1v) is 6.41. The van der Waals surface area contributed by atoms with E-state index in [9.17, 15) is 0 Å². The summed E-state index contributed by atoms with van der Waals surface area (Å²) in [6.45, 7) is 1.63. The maximum atomic E-state index is 5.85. The molecule has 2 rings (SSSR count). The second-order valence-corrected chi connectivity index (χ2v) is 5.33. The molecule has 0 bridgehead atoms. The van der Waals surface area contributed by atoms with Crippen molar-refractivity contribution in [1.82, 2.24) is 14.7 Å². The quantitative estimate of drug-likeness (QED) is 0.862. The van der Waals surface area contributed by atoms with Crippen LogP contribution < -0.4 is 0 Å². The molecular weight excluding hydrogens is 302 g/mol. The van der Waals surface area contributed by atoms with E-state index in [2.05, 4.69) is 33.0 Å². The van der Waals surface area contributed by atoms with Crippen LogP contribution >= 0.6 is 27.5 Å². The van der Waals surface area contributed by atoms with Gasteiger partial charge < -0.3 is 0 Å². The minimum Gasteiger partial charge on any atom is -0.283 e. The van der Waals surface area contributed by atoms with Gasteiger partial charge in [-0.25, -0.2) is 0 Å². The van der Waals surface area contributed by atoms with Gasteiger partial charge in [0.2, 0.25) is 0 Å². The van der Waals surface area contributed by atoms with E-state index in [1.54, 1.807) is 6.20 Å². The number of rotatable bonds is 4. The monoisotopic (exact) mass is 313 g/mol. The van der Waals surface area contributed by atoms with Crippen LogP contribution in [0.5, 0.6) is 0 Å². The predicted molar refractivity (Wildman–Crippen MR) is 72.8 cm³/mol. The Labute approximate surface area is 114 Å². The van der Waals surface area contributed by atoms with Crippen LogP contribution in [0.2, 0.25) is 5.02 Å². The highest BCUT2D eigenvalue weighted by Crippen LogP contribution is 2.12. The fourth-order valence-corrected chi connectivity index (χ4v) is 2.07. The lowest BCUT2D eigenvalue weighted by atomic mass is 10.2. The minimum absolute atomic E-state index is 0.758. The number of nitrogens with zero attached hydrogens (tertiary/aromatic N) is 3. The predicted octanol–water partition coefficient (Wildman–Crippen LogP) is 3.39. The Kier molecular flexibility index (Phi) is 4.20. The molecule has 1 heterocycles. The van der Waals surface area contributed by atoms with Crippen molar-refractivity contribution in [2.45, 2.75) is 13.2 Å². The fourth-order valence-electron chi connectivity index (χ4n) is 1.61. The molecular formula is C12H13BrClN3. The molecule has 0 spiro atoms. The highest BCUT2D eigenvalue weighted by atomic mass is 79.9. The molecule has 0 aliphatic heterocycles. The summed E-state index contributed by atoms with van der Waals surface area (Å²) in [5.41, 5.74) is 1.24. The van der Waals surface area contributed by atoms with Crippen molar-refractivity contribution >= 4 is 27.5 Å². The topological polar surface area (TPSA) is 21.1 Å². The molecule has 90 valence electrons. The summed E-state index contributed by atoms with van der Waals surface area (Å²) < 4.78 is 2.89. The Morgan fingerprint density at radius 3 is 2.65 bits per heavy atom. The highest BCUT2D eigenvalue weighted by Gasteiger charge is 2.02. The summed E-state index contributed by atoms with van der Waals surface area (Å²) in [6, 6.07) is 7.90. The number of hydrogen-bond acceptors (Lipinski definition) is 2. The van der Waals surface area contributed by atoms with Gasteiger partial charge >= 0.3 is 0 Å². The Balaban J connectivity index is 1.93. The molecule has 0 saturated carbocycles. The number of aromatic nitrogens is 2. The van der Waals surface area contributed by atoms with Gasteiger partial charge in [-0.15, -0.1) is 0 Å². The fraction of sp³-hybridized carbons (Fsp3) is 0.250. The second kappa shape index (κ2) is 5.67. The van der Waals surface area contributed by atoms with Crippen LogP contribution in [0.4, 0.5) is 0 Å². The maximum absolute atomic E-state index is 5.85. The van der Waals surface area contributed by atoms with E-state index < -0.39 is 0 Å². The number of halogens is 2. The largest absolute Gasteiger partial charge is 0.283 e. The van der Waals surface area contributed by atoms with Crippen LogP contribution in [0, 0.1) is 0 Å². The molecule has 0 aliphatic rings. The molecule has 0 unspecified atom stereocenters. The van der Waals surface area contributed by atoms with E-state index in [-0.39, 0.29) is 0 Å². The van der Waals surface area contributed by atoms with E-state index in [4.69, 9.17) is 11.6 Å². The molecule has 1 aromatic carbocycles. The van der Waals surface area contributed by atoms with Crippen LogP contribution in [-0.4, -0.2) is 21.7 Å². The van der Waals surface area contributed by atoms with Gasteiger partial charge in [-0.1, -0.05) is 23.7 Å². The smallest absolute Gasteiger partial charge is 0.0929 e. The van der Waals surface area contributed by atoms with Crippen molar-refractivity contribution in [3.8, 4) is 0 Å². The lowest BCUT2D eigenvalue weighted by molar-refractivity contribution is 0.246. The van der Waals surface area contributed by atoms with Crippen LogP contribution in [-0.2, 0) is 13.2 Å². The highest BCUT2D eigenvalue weighted by molar-refractivity contribution is 9.10. The summed E-state index contributed by atoms with van der Waals surface area (Å²) in [6.07, 6.45) is 3.74.